The van der Waals surface area contributed by atoms with Crippen molar-refractivity contribution in [2.45, 2.75) is 90.9 Å². The van der Waals surface area contributed by atoms with Crippen LogP contribution in [0.1, 0.15) is 103 Å². The predicted molar refractivity (Wildman–Crippen MR) is 295 cm³/mol. The van der Waals surface area contributed by atoms with Crippen molar-refractivity contribution in [1.82, 2.24) is 0 Å². The maximum absolute atomic E-state index is 2.51. The Kier molecular flexibility index (Phi) is 10.4. The minimum Gasteiger partial charge on any atom is -0.309 e. The number of hydrogen-bond donors (Lipinski definition) is 0. The molecular formula is C68H63N. The van der Waals surface area contributed by atoms with Gasteiger partial charge >= 0.3 is 0 Å². The van der Waals surface area contributed by atoms with Crippen LogP contribution in [0.5, 0.6) is 0 Å². The maximum Gasteiger partial charge on any atom is 0.0540 e. The summed E-state index contributed by atoms with van der Waals surface area (Å²) in [6.45, 7) is 23.5. The van der Waals surface area contributed by atoms with Crippen molar-refractivity contribution in [1.29, 1.82) is 0 Å². The van der Waals surface area contributed by atoms with Gasteiger partial charge < -0.3 is 4.90 Å². The van der Waals surface area contributed by atoms with Crippen LogP contribution in [0.2, 0.25) is 0 Å². The molecule has 0 radical (unpaired) electrons. The average molecular weight is 894 g/mol. The Balaban J connectivity index is 1.09. The number of nitrogens with zero attached hydrogens (tertiary/aromatic N) is 1. The second kappa shape index (κ2) is 16.2. The van der Waals surface area contributed by atoms with Crippen LogP contribution in [0.15, 0.2) is 200 Å². The van der Waals surface area contributed by atoms with E-state index in [0.29, 0.717) is 0 Å². The van der Waals surface area contributed by atoms with Crippen LogP contribution in [0.4, 0.5) is 17.1 Å². The van der Waals surface area contributed by atoms with Gasteiger partial charge in [-0.15, -0.1) is 0 Å². The van der Waals surface area contributed by atoms with Gasteiger partial charge in [0.25, 0.3) is 0 Å². The first-order valence-electron chi connectivity index (χ1n) is 24.8. The van der Waals surface area contributed by atoms with Gasteiger partial charge in [0.15, 0.2) is 0 Å². The van der Waals surface area contributed by atoms with E-state index in [2.05, 4.69) is 274 Å². The number of para-hydroxylation sites is 2. The van der Waals surface area contributed by atoms with Crippen LogP contribution in [0, 0.1) is 0 Å². The van der Waals surface area contributed by atoms with Crippen LogP contribution >= 0.6 is 0 Å². The van der Waals surface area contributed by atoms with E-state index in [1.54, 1.807) is 0 Å². The molecule has 0 saturated heterocycles. The summed E-state index contributed by atoms with van der Waals surface area (Å²) in [5.41, 5.74) is 26.5. The Labute approximate surface area is 411 Å². The summed E-state index contributed by atoms with van der Waals surface area (Å²) >= 11 is 0. The Morgan fingerprint density at radius 1 is 0.304 bits per heavy atom. The molecule has 69 heavy (non-hydrogen) atoms. The second-order valence-corrected chi connectivity index (χ2v) is 22.6. The Bertz CT molecular complexity index is 3420. The highest BCUT2D eigenvalue weighted by molar-refractivity contribution is 5.97. The zero-order valence-corrected chi connectivity index (χ0v) is 42.0. The second-order valence-electron chi connectivity index (χ2n) is 22.6. The molecule has 9 aromatic carbocycles. The van der Waals surface area contributed by atoms with Crippen molar-refractivity contribution in [2.24, 2.45) is 0 Å². The third-order valence-electron chi connectivity index (χ3n) is 15.4. The topological polar surface area (TPSA) is 3.24 Å². The monoisotopic (exact) mass is 893 g/mol. The van der Waals surface area contributed by atoms with Gasteiger partial charge in [0.05, 0.1) is 11.4 Å². The molecule has 0 aromatic heterocycles. The lowest BCUT2D eigenvalue weighted by Crippen LogP contribution is -2.17. The summed E-state index contributed by atoms with van der Waals surface area (Å²) in [7, 11) is 0. The highest BCUT2D eigenvalue weighted by atomic mass is 15.1. The largest absolute Gasteiger partial charge is 0.309 e. The number of anilines is 3. The molecule has 0 unspecified atom stereocenters. The first-order valence-corrected chi connectivity index (χ1v) is 24.8. The van der Waals surface area contributed by atoms with E-state index in [1.165, 1.54) is 100 Å². The van der Waals surface area contributed by atoms with Gasteiger partial charge in [-0.2, -0.15) is 0 Å². The summed E-state index contributed by atoms with van der Waals surface area (Å²) in [6, 6.07) is 75.5. The van der Waals surface area contributed by atoms with E-state index in [0.717, 1.165) is 17.1 Å². The first-order chi connectivity index (χ1) is 33.0. The summed E-state index contributed by atoms with van der Waals surface area (Å²) in [5, 5.41) is 0. The van der Waals surface area contributed by atoms with Gasteiger partial charge in [0, 0.05) is 27.6 Å². The molecule has 0 aliphatic heterocycles. The van der Waals surface area contributed by atoms with Crippen LogP contribution < -0.4 is 4.90 Å². The molecule has 2 aliphatic rings. The van der Waals surface area contributed by atoms with Gasteiger partial charge in [-0.05, 0) is 130 Å². The molecule has 0 atom stereocenters. The molecule has 0 spiro atoms. The molecule has 11 rings (SSSR count). The zero-order valence-electron chi connectivity index (χ0n) is 42.0. The van der Waals surface area contributed by atoms with Crippen molar-refractivity contribution >= 4 is 17.1 Å². The quantitative estimate of drug-likeness (QED) is 0.154. The molecule has 0 fully saturated rings. The fourth-order valence-electron chi connectivity index (χ4n) is 11.6. The van der Waals surface area contributed by atoms with Crippen LogP contribution in [0.3, 0.4) is 0 Å². The van der Waals surface area contributed by atoms with Crippen molar-refractivity contribution in [3.05, 3.63) is 234 Å². The number of hydrogen-bond acceptors (Lipinski definition) is 1. The van der Waals surface area contributed by atoms with Crippen LogP contribution in [-0.4, -0.2) is 0 Å². The molecule has 0 amide bonds. The normalized spacial score (nSPS) is 14.2. The number of fused-ring (bicyclic) bond motifs is 6. The number of benzene rings is 9. The first kappa shape index (κ1) is 44.3. The van der Waals surface area contributed by atoms with E-state index in [-0.39, 0.29) is 21.7 Å². The predicted octanol–water partition coefficient (Wildman–Crippen LogP) is 19.0. The lowest BCUT2D eigenvalue weighted by Gasteiger charge is -2.31. The van der Waals surface area contributed by atoms with Crippen molar-refractivity contribution in [2.75, 3.05) is 4.90 Å². The van der Waals surface area contributed by atoms with E-state index < -0.39 is 0 Å². The van der Waals surface area contributed by atoms with E-state index in [1.807, 2.05) is 0 Å². The summed E-state index contributed by atoms with van der Waals surface area (Å²) in [4.78, 5) is 2.51. The van der Waals surface area contributed by atoms with Crippen molar-refractivity contribution < 1.29 is 0 Å². The Morgan fingerprint density at radius 3 is 1.30 bits per heavy atom. The standard InChI is InChI=1S/C68H63N/c1-65(2,3)47-40-46(41-48(43-47)66(4,5)6)52-24-16-20-33-63(52)69(62-32-19-15-23-51(62)45-36-39-56-54-26-13-17-30-59(54)67(7,8)61(56)42-45)49-37-34-44(35-38-49)50-22-11-12-25-53(50)57-28-21-29-58-55-27-14-18-31-60(55)68(9,10)64(57)58/h11-43H,1-10H3. The highest BCUT2D eigenvalue weighted by Crippen LogP contribution is 2.54. The molecule has 0 bridgehead atoms. The minimum absolute atomic E-state index is 0.0239. The van der Waals surface area contributed by atoms with Crippen LogP contribution in [-0.2, 0) is 21.7 Å². The minimum atomic E-state index is -0.126. The average Bonchev–Trinajstić information content (AvgIpc) is 3.73. The van der Waals surface area contributed by atoms with E-state index in [9.17, 15) is 0 Å². The molecule has 0 saturated carbocycles. The molecule has 340 valence electrons. The fraction of sp³-hybridized carbons (Fsp3) is 0.206. The fourth-order valence-corrected chi connectivity index (χ4v) is 11.6. The maximum atomic E-state index is 2.51. The zero-order chi connectivity index (χ0) is 48.0. The van der Waals surface area contributed by atoms with Gasteiger partial charge in [-0.1, -0.05) is 239 Å². The lowest BCUT2D eigenvalue weighted by molar-refractivity contribution is 0.569. The van der Waals surface area contributed by atoms with E-state index >= 15 is 0 Å². The SMILES string of the molecule is CC(C)(C)c1cc(-c2ccccc2N(c2ccc(-c3ccccc3-c3cccc4c3C(C)(C)c3ccccc3-4)cc2)c2ccccc2-c2ccc3c(c2)C(C)(C)c2ccccc2-3)cc(C(C)(C)C)c1. The molecule has 1 heteroatoms. The van der Waals surface area contributed by atoms with Gasteiger partial charge in [-0.25, -0.2) is 0 Å². The Hall–Kier alpha value is -7.22. The van der Waals surface area contributed by atoms with Crippen molar-refractivity contribution in [3.8, 4) is 66.8 Å². The molecule has 1 nitrogen and oxygen atoms in total. The molecule has 2 aliphatic carbocycles. The lowest BCUT2D eigenvalue weighted by atomic mass is 9.78. The molecule has 9 aromatic rings. The molecule has 0 heterocycles. The van der Waals surface area contributed by atoms with Gasteiger partial charge in [-0.3, -0.25) is 0 Å². The summed E-state index contributed by atoms with van der Waals surface area (Å²) in [5.74, 6) is 0. The molecular weight excluding hydrogens is 831 g/mol. The number of rotatable bonds is 7. The third kappa shape index (κ3) is 7.37. The summed E-state index contributed by atoms with van der Waals surface area (Å²) < 4.78 is 0. The third-order valence-corrected chi connectivity index (χ3v) is 15.4. The highest BCUT2D eigenvalue weighted by Gasteiger charge is 2.38. The van der Waals surface area contributed by atoms with Crippen molar-refractivity contribution in [3.63, 3.8) is 0 Å². The van der Waals surface area contributed by atoms with Gasteiger partial charge in [0.2, 0.25) is 0 Å². The summed E-state index contributed by atoms with van der Waals surface area (Å²) in [6.07, 6.45) is 0. The Morgan fingerprint density at radius 2 is 0.725 bits per heavy atom. The smallest absolute Gasteiger partial charge is 0.0540 e. The van der Waals surface area contributed by atoms with Crippen LogP contribution in [0.25, 0.3) is 66.8 Å². The molecule has 0 N–H and O–H groups in total. The van der Waals surface area contributed by atoms with E-state index in [4.69, 9.17) is 0 Å². The van der Waals surface area contributed by atoms with Gasteiger partial charge in [0.1, 0.15) is 0 Å².